The van der Waals surface area contributed by atoms with Crippen LogP contribution in [-0.4, -0.2) is 30.9 Å². The Morgan fingerprint density at radius 3 is 2.56 bits per heavy atom. The second-order valence-corrected chi connectivity index (χ2v) is 11.0. The molecule has 4 rings (SSSR count). The average Bonchev–Trinajstić information content (AvgIpc) is 3.22. The summed E-state index contributed by atoms with van der Waals surface area (Å²) in [5, 5.41) is 0.463. The summed E-state index contributed by atoms with van der Waals surface area (Å²) in [5.74, 6) is 1.20. The fraction of sp³-hybridized carbons (Fsp3) is 0.367. The first-order chi connectivity index (χ1) is 18.8. The highest BCUT2D eigenvalue weighted by molar-refractivity contribution is 7.07. The first kappa shape index (κ1) is 28.6. The molecule has 9 heteroatoms. The first-order valence-corrected chi connectivity index (χ1v) is 14.2. The van der Waals surface area contributed by atoms with Crippen LogP contribution in [0.1, 0.15) is 57.7 Å². The number of ether oxygens (including phenoxy) is 3. The number of fused-ring (bicyclic) bond motifs is 1. The largest absolute Gasteiger partial charge is 0.496 e. The van der Waals surface area contributed by atoms with Gasteiger partial charge in [0.2, 0.25) is 0 Å². The minimum Gasteiger partial charge on any atom is -0.496 e. The van der Waals surface area contributed by atoms with Crippen molar-refractivity contribution in [1.82, 2.24) is 4.57 Å². The number of thiazole rings is 1. The summed E-state index contributed by atoms with van der Waals surface area (Å²) in [6.45, 7) is 8.79. The number of nitrogens with zero attached hydrogens (tertiary/aromatic N) is 2. The van der Waals surface area contributed by atoms with Crippen molar-refractivity contribution in [3.8, 4) is 11.5 Å². The van der Waals surface area contributed by atoms with E-state index in [0.29, 0.717) is 55.9 Å². The number of carbonyl (C=O) groups is 1. The Morgan fingerprint density at radius 1 is 1.18 bits per heavy atom. The van der Waals surface area contributed by atoms with Gasteiger partial charge in [0.25, 0.3) is 5.56 Å². The van der Waals surface area contributed by atoms with Crippen molar-refractivity contribution in [2.24, 2.45) is 10.9 Å². The van der Waals surface area contributed by atoms with Crippen LogP contribution in [0.5, 0.6) is 11.5 Å². The molecule has 3 aromatic rings. The lowest BCUT2D eigenvalue weighted by Crippen LogP contribution is -2.40. The molecule has 1 atom stereocenters. The number of hydrogen-bond donors (Lipinski definition) is 0. The van der Waals surface area contributed by atoms with Crippen LogP contribution in [0.2, 0.25) is 5.02 Å². The number of benzene rings is 2. The summed E-state index contributed by atoms with van der Waals surface area (Å²) in [6, 6.07) is 12.0. The maximum absolute atomic E-state index is 13.9. The zero-order chi connectivity index (χ0) is 28.1. The van der Waals surface area contributed by atoms with Gasteiger partial charge in [-0.2, -0.15) is 0 Å². The van der Waals surface area contributed by atoms with Crippen molar-refractivity contribution >= 4 is 35.0 Å². The number of carbonyl (C=O) groups excluding carboxylic acids is 1. The molecule has 0 amide bonds. The zero-order valence-corrected chi connectivity index (χ0v) is 24.4. The number of esters is 1. The van der Waals surface area contributed by atoms with Crippen LogP contribution in [0.3, 0.4) is 0 Å². The van der Waals surface area contributed by atoms with Crippen molar-refractivity contribution < 1.29 is 19.0 Å². The third kappa shape index (κ3) is 6.28. The lowest BCUT2D eigenvalue weighted by molar-refractivity contribution is -0.139. The summed E-state index contributed by atoms with van der Waals surface area (Å²) in [4.78, 5) is 32.6. The lowest BCUT2D eigenvalue weighted by Gasteiger charge is -2.27. The van der Waals surface area contributed by atoms with Crippen LogP contribution in [0, 0.1) is 5.92 Å². The van der Waals surface area contributed by atoms with Crippen LogP contribution < -0.4 is 24.4 Å². The number of methoxy groups -OCH3 is 1. The molecule has 0 aliphatic carbocycles. The van der Waals surface area contributed by atoms with E-state index in [1.165, 1.54) is 11.3 Å². The van der Waals surface area contributed by atoms with Gasteiger partial charge in [-0.3, -0.25) is 9.36 Å². The maximum atomic E-state index is 13.9. The third-order valence-electron chi connectivity index (χ3n) is 6.14. The monoisotopic (exact) mass is 568 g/mol. The zero-order valence-electron chi connectivity index (χ0n) is 22.8. The van der Waals surface area contributed by atoms with Gasteiger partial charge in [0.15, 0.2) is 4.80 Å². The van der Waals surface area contributed by atoms with Crippen molar-refractivity contribution in [2.45, 2.75) is 46.6 Å². The molecule has 7 nitrogen and oxygen atoms in total. The Labute approximate surface area is 237 Å². The highest BCUT2D eigenvalue weighted by Crippen LogP contribution is 2.38. The van der Waals surface area contributed by atoms with Gasteiger partial charge in [-0.15, -0.1) is 0 Å². The number of halogens is 1. The maximum Gasteiger partial charge on any atom is 0.338 e. The Kier molecular flexibility index (Phi) is 9.30. The molecular formula is C30H33ClN2O5S. The molecule has 0 radical (unpaired) electrons. The summed E-state index contributed by atoms with van der Waals surface area (Å²) >= 11 is 7.68. The van der Waals surface area contributed by atoms with Gasteiger partial charge in [-0.25, -0.2) is 9.79 Å². The van der Waals surface area contributed by atoms with Gasteiger partial charge in [0.05, 0.1) is 36.1 Å². The standard InChI is InChI=1S/C30H33ClN2O5S/c1-6-8-23-26(29(35)37-7-2)27(22-16-20(31)11-14-24(22)36-5)33-28(34)25(39-30(33)32-23)15-19-9-12-21(13-10-19)38-17-18(3)4/h9-16,18,27H,6-8,17H2,1-5H3/b25-15-/t27-/m1/s1. The third-order valence-corrected chi connectivity index (χ3v) is 7.36. The molecule has 0 spiro atoms. The van der Waals surface area contributed by atoms with Crippen molar-refractivity contribution in [3.63, 3.8) is 0 Å². The van der Waals surface area contributed by atoms with Crippen LogP contribution in [0.4, 0.5) is 0 Å². The predicted octanol–water partition coefficient (Wildman–Crippen LogP) is 5.28. The Hall–Kier alpha value is -3.36. The average molecular weight is 569 g/mol. The van der Waals surface area contributed by atoms with Gasteiger partial charge in [0, 0.05) is 10.6 Å². The summed E-state index contributed by atoms with van der Waals surface area (Å²) in [5.41, 5.74) is 2.11. The second kappa shape index (κ2) is 12.7. The van der Waals surface area contributed by atoms with Crippen molar-refractivity contribution in [1.29, 1.82) is 0 Å². The Balaban J connectivity index is 1.91. The molecule has 1 aliphatic rings. The number of aromatic nitrogens is 1. The molecule has 2 aromatic carbocycles. The number of hydrogen-bond acceptors (Lipinski definition) is 7. The van der Waals surface area contributed by atoms with Gasteiger partial charge in [0.1, 0.15) is 17.5 Å². The molecule has 2 heterocycles. The highest BCUT2D eigenvalue weighted by Gasteiger charge is 2.36. The fourth-order valence-electron chi connectivity index (χ4n) is 4.41. The van der Waals surface area contributed by atoms with E-state index in [1.54, 1.807) is 36.8 Å². The van der Waals surface area contributed by atoms with E-state index < -0.39 is 12.0 Å². The molecular weight excluding hydrogens is 536 g/mol. The Bertz CT molecular complexity index is 1550. The SMILES string of the molecule is CCCC1=C(C(=O)OCC)[C@@H](c2cc(Cl)ccc2OC)n2c(s/c(=C\c3ccc(OCC(C)C)cc3)c2=O)=N1. The molecule has 39 heavy (non-hydrogen) atoms. The van der Waals surface area contributed by atoms with Gasteiger partial charge >= 0.3 is 5.97 Å². The molecule has 1 aromatic heterocycles. The van der Waals surface area contributed by atoms with Crippen molar-refractivity contribution in [3.05, 3.63) is 89.6 Å². The van der Waals surface area contributed by atoms with Crippen LogP contribution in [0.15, 0.2) is 63.5 Å². The summed E-state index contributed by atoms with van der Waals surface area (Å²) in [6.07, 6.45) is 3.15. The highest BCUT2D eigenvalue weighted by atomic mass is 35.5. The van der Waals surface area contributed by atoms with E-state index in [0.717, 1.165) is 17.7 Å². The Morgan fingerprint density at radius 2 is 1.92 bits per heavy atom. The van der Waals surface area contributed by atoms with Gasteiger partial charge < -0.3 is 14.2 Å². The molecule has 0 N–H and O–H groups in total. The van der Waals surface area contributed by atoms with Gasteiger partial charge in [-0.05, 0) is 61.2 Å². The normalized spacial score (nSPS) is 15.3. The van der Waals surface area contributed by atoms with E-state index in [1.807, 2.05) is 37.3 Å². The molecule has 0 saturated carbocycles. The number of rotatable bonds is 10. The molecule has 0 saturated heterocycles. The molecule has 1 aliphatic heterocycles. The fourth-order valence-corrected chi connectivity index (χ4v) is 5.61. The van der Waals surface area contributed by atoms with Crippen LogP contribution in [-0.2, 0) is 9.53 Å². The summed E-state index contributed by atoms with van der Waals surface area (Å²) < 4.78 is 18.9. The van der Waals surface area contributed by atoms with E-state index in [9.17, 15) is 9.59 Å². The smallest absolute Gasteiger partial charge is 0.338 e. The quantitative estimate of drug-likeness (QED) is 0.311. The molecule has 0 unspecified atom stereocenters. The minimum absolute atomic E-state index is 0.197. The van der Waals surface area contributed by atoms with E-state index >= 15 is 0 Å². The van der Waals surface area contributed by atoms with Crippen LogP contribution in [0.25, 0.3) is 6.08 Å². The van der Waals surface area contributed by atoms with Gasteiger partial charge in [-0.1, -0.05) is 62.3 Å². The summed E-state index contributed by atoms with van der Waals surface area (Å²) in [7, 11) is 1.55. The van der Waals surface area contributed by atoms with Crippen molar-refractivity contribution in [2.75, 3.05) is 20.3 Å². The molecule has 206 valence electrons. The second-order valence-electron chi connectivity index (χ2n) is 9.57. The first-order valence-electron chi connectivity index (χ1n) is 13.1. The van der Waals surface area contributed by atoms with Crippen LogP contribution >= 0.6 is 22.9 Å². The topological polar surface area (TPSA) is 79.1 Å². The number of allylic oxidation sites excluding steroid dienone is 1. The van der Waals surface area contributed by atoms with E-state index in [2.05, 4.69) is 13.8 Å². The predicted molar refractivity (Wildman–Crippen MR) is 154 cm³/mol. The molecule has 0 bridgehead atoms. The van der Waals surface area contributed by atoms with E-state index in [4.69, 9.17) is 30.8 Å². The lowest BCUT2D eigenvalue weighted by atomic mass is 9.93. The molecule has 0 fully saturated rings. The minimum atomic E-state index is -0.801. The van der Waals surface area contributed by atoms with E-state index in [-0.39, 0.29) is 12.2 Å².